The highest BCUT2D eigenvalue weighted by Gasteiger charge is 1.92. The Labute approximate surface area is 100.0 Å². The SMILES string of the molecule is C/C(N)=C/C(O)=C\CCC(C)C.CCOC. The summed E-state index contributed by atoms with van der Waals surface area (Å²) in [5, 5.41) is 9.24. The van der Waals surface area contributed by atoms with Crippen LogP contribution in [0.5, 0.6) is 0 Å². The zero-order valence-electron chi connectivity index (χ0n) is 11.3. The molecule has 0 aliphatic heterocycles. The van der Waals surface area contributed by atoms with E-state index in [4.69, 9.17) is 5.73 Å². The van der Waals surface area contributed by atoms with Crippen molar-refractivity contribution in [1.29, 1.82) is 0 Å². The van der Waals surface area contributed by atoms with Gasteiger partial charge in [0.05, 0.1) is 0 Å². The molecule has 96 valence electrons. The molecule has 0 amide bonds. The molecule has 0 aromatic heterocycles. The van der Waals surface area contributed by atoms with Gasteiger partial charge in [0.25, 0.3) is 0 Å². The number of hydrogen-bond donors (Lipinski definition) is 2. The molecule has 0 aromatic carbocycles. The maximum Gasteiger partial charge on any atom is 0.113 e. The molecule has 3 heteroatoms. The summed E-state index contributed by atoms with van der Waals surface area (Å²) in [6.45, 7) is 8.86. The summed E-state index contributed by atoms with van der Waals surface area (Å²) < 4.78 is 4.54. The Morgan fingerprint density at radius 3 is 2.25 bits per heavy atom. The molecule has 0 saturated heterocycles. The van der Waals surface area contributed by atoms with Crippen molar-refractivity contribution in [3.8, 4) is 0 Å². The van der Waals surface area contributed by atoms with Crippen LogP contribution in [0.2, 0.25) is 0 Å². The molecule has 0 atom stereocenters. The van der Waals surface area contributed by atoms with E-state index in [0.717, 1.165) is 19.4 Å². The fourth-order valence-electron chi connectivity index (χ4n) is 0.857. The van der Waals surface area contributed by atoms with Crippen LogP contribution in [0, 0.1) is 5.92 Å². The first-order valence-electron chi connectivity index (χ1n) is 5.75. The second-order valence-electron chi connectivity index (χ2n) is 4.07. The third-order valence-corrected chi connectivity index (χ3v) is 1.76. The summed E-state index contributed by atoms with van der Waals surface area (Å²) in [7, 11) is 1.68. The highest BCUT2D eigenvalue weighted by atomic mass is 16.5. The number of hydrogen-bond acceptors (Lipinski definition) is 3. The highest BCUT2D eigenvalue weighted by molar-refractivity contribution is 5.13. The van der Waals surface area contributed by atoms with E-state index in [1.807, 2.05) is 6.92 Å². The number of aliphatic hydroxyl groups excluding tert-OH is 1. The van der Waals surface area contributed by atoms with Crippen molar-refractivity contribution in [3.63, 3.8) is 0 Å². The Kier molecular flexibility index (Phi) is 13.2. The van der Waals surface area contributed by atoms with E-state index in [9.17, 15) is 5.11 Å². The van der Waals surface area contributed by atoms with Gasteiger partial charge in [0.2, 0.25) is 0 Å². The van der Waals surface area contributed by atoms with E-state index in [2.05, 4.69) is 18.6 Å². The molecule has 0 aliphatic carbocycles. The zero-order valence-corrected chi connectivity index (χ0v) is 11.3. The average molecular weight is 229 g/mol. The molecule has 0 bridgehead atoms. The molecule has 16 heavy (non-hydrogen) atoms. The van der Waals surface area contributed by atoms with Gasteiger partial charge in [-0.1, -0.05) is 13.8 Å². The predicted molar refractivity (Wildman–Crippen MR) is 70.3 cm³/mol. The first-order chi connectivity index (χ1) is 7.43. The van der Waals surface area contributed by atoms with Crippen LogP contribution in [-0.2, 0) is 4.74 Å². The van der Waals surface area contributed by atoms with Crippen molar-refractivity contribution in [2.45, 2.75) is 40.5 Å². The Morgan fingerprint density at radius 1 is 1.44 bits per heavy atom. The number of nitrogens with two attached hydrogens (primary N) is 1. The first kappa shape index (κ1) is 17.4. The fourth-order valence-corrected chi connectivity index (χ4v) is 0.857. The maximum atomic E-state index is 9.24. The topological polar surface area (TPSA) is 55.5 Å². The quantitative estimate of drug-likeness (QED) is 0.561. The normalized spacial score (nSPS) is 12.4. The Morgan fingerprint density at radius 2 is 1.94 bits per heavy atom. The standard InChI is InChI=1S/C10H19NO.C3H8O/c1-8(2)5-4-6-10(12)7-9(3)11;1-3-4-2/h6-8,12H,4-5,11H2,1-3H3;3H2,1-2H3/b9-7-,10-6+;. The van der Waals surface area contributed by atoms with Crippen molar-refractivity contribution in [1.82, 2.24) is 0 Å². The van der Waals surface area contributed by atoms with Crippen molar-refractivity contribution in [2.75, 3.05) is 13.7 Å². The molecule has 0 saturated carbocycles. The minimum Gasteiger partial charge on any atom is -0.508 e. The van der Waals surface area contributed by atoms with Gasteiger partial charge in [0, 0.05) is 19.4 Å². The van der Waals surface area contributed by atoms with Crippen molar-refractivity contribution in [3.05, 3.63) is 23.6 Å². The molecule has 0 radical (unpaired) electrons. The van der Waals surface area contributed by atoms with Crippen LogP contribution in [0.25, 0.3) is 0 Å². The van der Waals surface area contributed by atoms with E-state index in [-0.39, 0.29) is 5.76 Å². The van der Waals surface area contributed by atoms with Gasteiger partial charge in [-0.3, -0.25) is 0 Å². The molecule has 0 heterocycles. The third kappa shape index (κ3) is 18.8. The lowest BCUT2D eigenvalue weighted by atomic mass is 10.1. The van der Waals surface area contributed by atoms with E-state index in [0.29, 0.717) is 11.6 Å². The molecule has 0 aromatic rings. The van der Waals surface area contributed by atoms with E-state index >= 15 is 0 Å². The van der Waals surface area contributed by atoms with Gasteiger partial charge in [-0.15, -0.1) is 0 Å². The number of methoxy groups -OCH3 is 1. The van der Waals surface area contributed by atoms with Gasteiger partial charge < -0.3 is 15.6 Å². The summed E-state index contributed by atoms with van der Waals surface area (Å²) >= 11 is 0. The number of aliphatic hydroxyl groups is 1. The Hall–Kier alpha value is -0.960. The largest absolute Gasteiger partial charge is 0.508 e. The van der Waals surface area contributed by atoms with Gasteiger partial charge in [-0.25, -0.2) is 0 Å². The third-order valence-electron chi connectivity index (χ3n) is 1.76. The lowest BCUT2D eigenvalue weighted by Gasteiger charge is -1.99. The second-order valence-corrected chi connectivity index (χ2v) is 4.07. The lowest BCUT2D eigenvalue weighted by Crippen LogP contribution is -1.91. The number of rotatable bonds is 5. The van der Waals surface area contributed by atoms with Crippen LogP contribution in [-0.4, -0.2) is 18.8 Å². The minimum atomic E-state index is 0.274. The highest BCUT2D eigenvalue weighted by Crippen LogP contribution is 2.06. The average Bonchev–Trinajstić information content (AvgIpc) is 2.16. The zero-order chi connectivity index (χ0) is 13.0. The molecule has 0 rings (SSSR count). The Balaban J connectivity index is 0. The van der Waals surface area contributed by atoms with Crippen LogP contribution in [0.4, 0.5) is 0 Å². The lowest BCUT2D eigenvalue weighted by molar-refractivity contribution is 0.215. The van der Waals surface area contributed by atoms with Gasteiger partial charge in [0.15, 0.2) is 0 Å². The molecule has 0 aliphatic rings. The molecule has 0 fully saturated rings. The van der Waals surface area contributed by atoms with Gasteiger partial charge in [-0.2, -0.15) is 0 Å². The summed E-state index contributed by atoms with van der Waals surface area (Å²) in [5.74, 6) is 0.952. The van der Waals surface area contributed by atoms with Crippen LogP contribution >= 0.6 is 0 Å². The van der Waals surface area contributed by atoms with Gasteiger partial charge >= 0.3 is 0 Å². The van der Waals surface area contributed by atoms with Crippen LogP contribution < -0.4 is 5.73 Å². The number of ether oxygens (including phenoxy) is 1. The molecular weight excluding hydrogens is 202 g/mol. The van der Waals surface area contributed by atoms with Crippen LogP contribution in [0.1, 0.15) is 40.5 Å². The molecule has 3 nitrogen and oxygen atoms in total. The van der Waals surface area contributed by atoms with Crippen molar-refractivity contribution in [2.24, 2.45) is 11.7 Å². The van der Waals surface area contributed by atoms with Crippen molar-refractivity contribution >= 4 is 0 Å². The summed E-state index contributed by atoms with van der Waals surface area (Å²) in [6, 6.07) is 0. The summed E-state index contributed by atoms with van der Waals surface area (Å²) in [6.07, 6.45) is 5.38. The second kappa shape index (κ2) is 12.1. The molecule has 3 N–H and O–H groups in total. The van der Waals surface area contributed by atoms with E-state index in [1.54, 1.807) is 26.2 Å². The Bertz CT molecular complexity index is 202. The fraction of sp³-hybridized carbons (Fsp3) is 0.692. The molecule has 0 spiro atoms. The summed E-state index contributed by atoms with van der Waals surface area (Å²) in [5.41, 5.74) is 6.02. The maximum absolute atomic E-state index is 9.24. The van der Waals surface area contributed by atoms with E-state index in [1.165, 1.54) is 0 Å². The van der Waals surface area contributed by atoms with Gasteiger partial charge in [-0.05, 0) is 44.8 Å². The first-order valence-corrected chi connectivity index (χ1v) is 5.75. The van der Waals surface area contributed by atoms with Crippen LogP contribution in [0.3, 0.4) is 0 Å². The smallest absolute Gasteiger partial charge is 0.113 e. The summed E-state index contributed by atoms with van der Waals surface area (Å²) in [4.78, 5) is 0. The van der Waals surface area contributed by atoms with Gasteiger partial charge in [0.1, 0.15) is 5.76 Å². The molecule has 0 unspecified atom stereocenters. The number of allylic oxidation sites excluding steroid dienone is 3. The van der Waals surface area contributed by atoms with Crippen molar-refractivity contribution < 1.29 is 9.84 Å². The monoisotopic (exact) mass is 229 g/mol. The van der Waals surface area contributed by atoms with Crippen LogP contribution in [0.15, 0.2) is 23.6 Å². The predicted octanol–water partition coefficient (Wildman–Crippen LogP) is 3.38. The molecular formula is C13H27NO2. The van der Waals surface area contributed by atoms with E-state index < -0.39 is 0 Å². The minimum absolute atomic E-state index is 0.274.